The average molecular weight is 480 g/mol. The van der Waals surface area contributed by atoms with E-state index in [1.165, 1.54) is 22.5 Å². The third-order valence-corrected chi connectivity index (χ3v) is 7.52. The third-order valence-electron chi connectivity index (χ3n) is 5.14. The van der Waals surface area contributed by atoms with Crippen LogP contribution in [0.5, 0.6) is 5.75 Å². The van der Waals surface area contributed by atoms with Crippen molar-refractivity contribution in [3.63, 3.8) is 0 Å². The smallest absolute Gasteiger partial charge is 0.276 e. The first kappa shape index (κ1) is 24.0. The highest BCUT2D eigenvalue weighted by Crippen LogP contribution is 2.27. The Hall–Kier alpha value is -2.62. The summed E-state index contributed by atoms with van der Waals surface area (Å²) < 4.78 is 32.6. The Morgan fingerprint density at radius 1 is 1.03 bits per heavy atom. The van der Waals surface area contributed by atoms with Crippen molar-refractivity contribution in [3.8, 4) is 5.75 Å². The number of benzene rings is 2. The highest BCUT2D eigenvalue weighted by atomic mass is 35.5. The lowest BCUT2D eigenvalue weighted by Crippen LogP contribution is -2.44. The molecule has 2 amide bonds. The number of piperidine rings is 1. The Morgan fingerprint density at radius 3 is 2.38 bits per heavy atom. The lowest BCUT2D eigenvalue weighted by atomic mass is 10.2. The molecule has 32 heavy (non-hydrogen) atoms. The molecule has 172 valence electrons. The van der Waals surface area contributed by atoms with Crippen molar-refractivity contribution in [2.75, 3.05) is 19.7 Å². The lowest BCUT2D eigenvalue weighted by molar-refractivity contribution is -0.123. The van der Waals surface area contributed by atoms with Gasteiger partial charge in [0.05, 0.1) is 5.02 Å². The zero-order valence-electron chi connectivity index (χ0n) is 17.8. The molecule has 0 bridgehead atoms. The van der Waals surface area contributed by atoms with Gasteiger partial charge in [-0.2, -0.15) is 4.31 Å². The Kier molecular flexibility index (Phi) is 8.11. The van der Waals surface area contributed by atoms with Gasteiger partial charge < -0.3 is 4.74 Å². The Labute approximate surface area is 192 Å². The van der Waals surface area contributed by atoms with Crippen LogP contribution in [-0.2, 0) is 21.2 Å². The highest BCUT2D eigenvalue weighted by molar-refractivity contribution is 7.89. The van der Waals surface area contributed by atoms with E-state index in [4.69, 9.17) is 16.3 Å². The molecule has 0 atom stereocenters. The second-order valence-electron chi connectivity index (χ2n) is 7.40. The van der Waals surface area contributed by atoms with Gasteiger partial charge in [-0.25, -0.2) is 8.42 Å². The summed E-state index contributed by atoms with van der Waals surface area (Å²) >= 11 is 6.13. The van der Waals surface area contributed by atoms with Crippen LogP contribution in [-0.4, -0.2) is 44.2 Å². The Morgan fingerprint density at radius 2 is 1.72 bits per heavy atom. The summed E-state index contributed by atoms with van der Waals surface area (Å²) in [5.74, 6) is -0.695. The van der Waals surface area contributed by atoms with E-state index in [0.717, 1.165) is 31.2 Å². The van der Waals surface area contributed by atoms with Crippen LogP contribution >= 0.6 is 11.6 Å². The molecule has 2 aromatic rings. The van der Waals surface area contributed by atoms with Gasteiger partial charge in [-0.3, -0.25) is 20.4 Å². The van der Waals surface area contributed by atoms with Crippen molar-refractivity contribution in [1.82, 2.24) is 15.2 Å². The molecule has 1 fully saturated rings. The van der Waals surface area contributed by atoms with Crippen LogP contribution < -0.4 is 15.6 Å². The van der Waals surface area contributed by atoms with E-state index in [1.54, 1.807) is 12.1 Å². The summed E-state index contributed by atoms with van der Waals surface area (Å²) in [5, 5.41) is 0.0404. The predicted molar refractivity (Wildman–Crippen MR) is 121 cm³/mol. The average Bonchev–Trinajstić information content (AvgIpc) is 2.82. The fraction of sp³-hybridized carbons (Fsp3) is 0.364. The number of aryl methyl sites for hydroxylation is 1. The van der Waals surface area contributed by atoms with Crippen LogP contribution in [0.25, 0.3) is 0 Å². The van der Waals surface area contributed by atoms with E-state index in [0.29, 0.717) is 18.8 Å². The van der Waals surface area contributed by atoms with Gasteiger partial charge in [0, 0.05) is 18.7 Å². The summed E-state index contributed by atoms with van der Waals surface area (Å²) in [6, 6.07) is 11.3. The van der Waals surface area contributed by atoms with Gasteiger partial charge in [0.15, 0.2) is 6.61 Å². The van der Waals surface area contributed by atoms with Gasteiger partial charge in [-0.05, 0) is 55.2 Å². The number of hydrogen-bond acceptors (Lipinski definition) is 5. The fourth-order valence-corrected chi connectivity index (χ4v) is 5.31. The number of carbonyl (C=O) groups excluding carboxylic acids is 2. The molecule has 1 heterocycles. The standard InChI is InChI=1S/C22H26ClN3O5S/c1-2-16-6-9-18(10-7-16)31-15-21(27)24-25-22(28)17-8-11-19(23)20(14-17)32(29,30)26-12-4-3-5-13-26/h6-11,14H,2-5,12-13,15H2,1H3,(H,24,27)(H,25,28). The largest absolute Gasteiger partial charge is 0.484 e. The molecule has 2 aromatic carbocycles. The molecule has 1 aliphatic rings. The van der Waals surface area contributed by atoms with E-state index in [2.05, 4.69) is 10.9 Å². The molecule has 0 aromatic heterocycles. The third kappa shape index (κ3) is 5.99. The van der Waals surface area contributed by atoms with Crippen LogP contribution in [0.3, 0.4) is 0 Å². The molecule has 0 radical (unpaired) electrons. The van der Waals surface area contributed by atoms with Gasteiger partial charge in [0.2, 0.25) is 10.0 Å². The minimum absolute atomic E-state index is 0.0404. The molecule has 1 saturated heterocycles. The topological polar surface area (TPSA) is 105 Å². The van der Waals surface area contributed by atoms with Gasteiger partial charge in [0.25, 0.3) is 11.8 Å². The molecule has 3 rings (SSSR count). The monoisotopic (exact) mass is 479 g/mol. The van der Waals surface area contributed by atoms with Crippen LogP contribution in [0, 0.1) is 0 Å². The number of ether oxygens (including phenoxy) is 1. The maximum atomic E-state index is 12.9. The summed E-state index contributed by atoms with van der Waals surface area (Å²) in [4.78, 5) is 24.3. The van der Waals surface area contributed by atoms with Gasteiger partial charge in [-0.1, -0.05) is 37.1 Å². The van der Waals surface area contributed by atoms with Crippen LogP contribution in [0.15, 0.2) is 47.4 Å². The van der Waals surface area contributed by atoms with Crippen LogP contribution in [0.2, 0.25) is 5.02 Å². The summed E-state index contributed by atoms with van der Waals surface area (Å²) in [7, 11) is -3.81. The molecule has 0 unspecified atom stereocenters. The maximum absolute atomic E-state index is 12.9. The number of hydrazine groups is 1. The summed E-state index contributed by atoms with van der Waals surface area (Å²) in [6.07, 6.45) is 3.45. The van der Waals surface area contributed by atoms with Crippen molar-refractivity contribution >= 4 is 33.4 Å². The van der Waals surface area contributed by atoms with Gasteiger partial charge in [0.1, 0.15) is 10.6 Å². The number of halogens is 1. The van der Waals surface area contributed by atoms with Crippen LogP contribution in [0.1, 0.15) is 42.1 Å². The molecule has 10 heteroatoms. The van der Waals surface area contributed by atoms with E-state index >= 15 is 0 Å². The summed E-state index contributed by atoms with van der Waals surface area (Å²) in [6.45, 7) is 2.60. The lowest BCUT2D eigenvalue weighted by Gasteiger charge is -2.26. The van der Waals surface area contributed by atoms with Crippen molar-refractivity contribution < 1.29 is 22.7 Å². The molecule has 0 aliphatic carbocycles. The number of amides is 2. The van der Waals surface area contributed by atoms with Crippen molar-refractivity contribution in [2.45, 2.75) is 37.5 Å². The minimum atomic E-state index is -3.81. The minimum Gasteiger partial charge on any atom is -0.484 e. The van der Waals surface area contributed by atoms with Crippen molar-refractivity contribution in [1.29, 1.82) is 0 Å². The van der Waals surface area contributed by atoms with Crippen molar-refractivity contribution in [2.24, 2.45) is 0 Å². The second kappa shape index (κ2) is 10.8. The Bertz CT molecular complexity index is 1070. The SMILES string of the molecule is CCc1ccc(OCC(=O)NNC(=O)c2ccc(Cl)c(S(=O)(=O)N3CCCCC3)c2)cc1. The number of nitrogens with one attached hydrogen (secondary N) is 2. The van der Waals surface area contributed by atoms with E-state index in [1.807, 2.05) is 19.1 Å². The first-order valence-corrected chi connectivity index (χ1v) is 12.2. The van der Waals surface area contributed by atoms with E-state index in [-0.39, 0.29) is 22.1 Å². The maximum Gasteiger partial charge on any atom is 0.276 e. The van der Waals surface area contributed by atoms with Gasteiger partial charge in [-0.15, -0.1) is 0 Å². The molecule has 1 aliphatic heterocycles. The molecular formula is C22H26ClN3O5S. The summed E-state index contributed by atoms with van der Waals surface area (Å²) in [5.41, 5.74) is 5.72. The quantitative estimate of drug-likeness (QED) is 0.594. The number of rotatable bonds is 7. The first-order chi connectivity index (χ1) is 15.3. The zero-order chi connectivity index (χ0) is 23.1. The molecule has 8 nitrogen and oxygen atoms in total. The fourth-order valence-electron chi connectivity index (χ4n) is 3.29. The number of hydrogen-bond donors (Lipinski definition) is 2. The highest BCUT2D eigenvalue weighted by Gasteiger charge is 2.28. The molecule has 0 saturated carbocycles. The Balaban J connectivity index is 1.58. The van der Waals surface area contributed by atoms with Gasteiger partial charge >= 0.3 is 0 Å². The molecule has 0 spiro atoms. The van der Waals surface area contributed by atoms with Crippen molar-refractivity contribution in [3.05, 3.63) is 58.6 Å². The normalized spacial score (nSPS) is 14.6. The number of sulfonamides is 1. The zero-order valence-corrected chi connectivity index (χ0v) is 19.3. The first-order valence-electron chi connectivity index (χ1n) is 10.4. The second-order valence-corrected chi connectivity index (χ2v) is 9.71. The number of carbonyl (C=O) groups is 2. The molecular weight excluding hydrogens is 454 g/mol. The predicted octanol–water partition coefficient (Wildman–Crippen LogP) is 2.92. The number of nitrogens with zero attached hydrogens (tertiary/aromatic N) is 1. The van der Waals surface area contributed by atoms with E-state index in [9.17, 15) is 18.0 Å². The molecule has 2 N–H and O–H groups in total. The van der Waals surface area contributed by atoms with E-state index < -0.39 is 21.8 Å². The van der Waals surface area contributed by atoms with Crippen LogP contribution in [0.4, 0.5) is 0 Å².